The lowest BCUT2D eigenvalue weighted by Crippen LogP contribution is -2.35. The van der Waals surface area contributed by atoms with Gasteiger partial charge in [-0.1, -0.05) is 13.0 Å². The number of nitrogens with zero attached hydrogens (tertiary/aromatic N) is 1. The van der Waals surface area contributed by atoms with Gasteiger partial charge in [0.15, 0.2) is 0 Å². The van der Waals surface area contributed by atoms with Gasteiger partial charge in [-0.2, -0.15) is 0 Å². The zero-order valence-corrected chi connectivity index (χ0v) is 12.6. The number of phenolic OH excluding ortho intramolecular Hbond substituents is 1. The second-order valence-electron chi connectivity index (χ2n) is 5.52. The van der Waals surface area contributed by atoms with Crippen molar-refractivity contribution in [1.82, 2.24) is 10.2 Å². The standard InChI is InChI=1S/C16H26N2O2/c1-3-18(11-13-6-8-17-9-7-13)12-14-4-5-15(20-2)10-16(14)19/h4-5,10,13,17,19H,3,6-9,11-12H2,1-2H3. The molecule has 2 N–H and O–H groups in total. The number of aromatic hydroxyl groups is 1. The largest absolute Gasteiger partial charge is 0.507 e. The van der Waals surface area contributed by atoms with Crippen molar-refractivity contribution in [2.45, 2.75) is 26.3 Å². The van der Waals surface area contributed by atoms with Crippen LogP contribution in [0.5, 0.6) is 11.5 Å². The van der Waals surface area contributed by atoms with Crippen LogP contribution in [0.4, 0.5) is 0 Å². The summed E-state index contributed by atoms with van der Waals surface area (Å²) in [5.41, 5.74) is 0.974. The van der Waals surface area contributed by atoms with Crippen LogP contribution < -0.4 is 10.1 Å². The first kappa shape index (κ1) is 15.1. The molecule has 4 nitrogen and oxygen atoms in total. The van der Waals surface area contributed by atoms with Crippen LogP contribution in [0.25, 0.3) is 0 Å². The molecule has 1 aliphatic heterocycles. The molecule has 0 aliphatic carbocycles. The van der Waals surface area contributed by atoms with Gasteiger partial charge in [0.1, 0.15) is 11.5 Å². The minimum atomic E-state index is 0.327. The Balaban J connectivity index is 1.94. The Morgan fingerprint density at radius 3 is 2.70 bits per heavy atom. The van der Waals surface area contributed by atoms with Crippen molar-refractivity contribution in [2.75, 3.05) is 33.3 Å². The van der Waals surface area contributed by atoms with Crippen LogP contribution in [0.3, 0.4) is 0 Å². The highest BCUT2D eigenvalue weighted by Crippen LogP contribution is 2.25. The summed E-state index contributed by atoms with van der Waals surface area (Å²) in [6, 6.07) is 5.56. The number of nitrogens with one attached hydrogen (secondary N) is 1. The van der Waals surface area contributed by atoms with Gasteiger partial charge in [-0.25, -0.2) is 0 Å². The number of benzene rings is 1. The average molecular weight is 278 g/mol. The minimum Gasteiger partial charge on any atom is -0.507 e. The van der Waals surface area contributed by atoms with Gasteiger partial charge < -0.3 is 15.2 Å². The molecule has 0 amide bonds. The molecule has 0 aromatic heterocycles. The minimum absolute atomic E-state index is 0.327. The normalized spacial score (nSPS) is 16.6. The molecule has 0 saturated carbocycles. The van der Waals surface area contributed by atoms with Gasteiger partial charge in [0.05, 0.1) is 7.11 Å². The van der Waals surface area contributed by atoms with E-state index in [9.17, 15) is 5.11 Å². The molecule has 20 heavy (non-hydrogen) atoms. The maximum Gasteiger partial charge on any atom is 0.123 e. The first-order valence-corrected chi connectivity index (χ1v) is 7.52. The Labute approximate surface area is 121 Å². The summed E-state index contributed by atoms with van der Waals surface area (Å²) in [7, 11) is 1.61. The third-order valence-electron chi connectivity index (χ3n) is 4.11. The van der Waals surface area contributed by atoms with Crippen LogP contribution in [-0.4, -0.2) is 43.3 Å². The maximum atomic E-state index is 10.1. The van der Waals surface area contributed by atoms with Gasteiger partial charge in [-0.15, -0.1) is 0 Å². The summed E-state index contributed by atoms with van der Waals surface area (Å²) in [5.74, 6) is 1.80. The van der Waals surface area contributed by atoms with Crippen molar-refractivity contribution in [1.29, 1.82) is 0 Å². The smallest absolute Gasteiger partial charge is 0.123 e. The van der Waals surface area contributed by atoms with E-state index in [-0.39, 0.29) is 0 Å². The Kier molecular flexibility index (Phi) is 5.68. The molecule has 0 spiro atoms. The molecular weight excluding hydrogens is 252 g/mol. The van der Waals surface area contributed by atoms with E-state index < -0.39 is 0 Å². The van der Waals surface area contributed by atoms with Gasteiger partial charge in [-0.05, 0) is 44.5 Å². The first-order valence-electron chi connectivity index (χ1n) is 7.52. The van der Waals surface area contributed by atoms with Crippen LogP contribution >= 0.6 is 0 Å². The summed E-state index contributed by atoms with van der Waals surface area (Å²) in [6.07, 6.45) is 2.51. The lowest BCUT2D eigenvalue weighted by Gasteiger charge is -2.29. The van der Waals surface area contributed by atoms with Crippen molar-refractivity contribution >= 4 is 0 Å². The molecule has 0 unspecified atom stereocenters. The highest BCUT2D eigenvalue weighted by molar-refractivity contribution is 5.39. The molecule has 1 heterocycles. The maximum absolute atomic E-state index is 10.1. The van der Waals surface area contributed by atoms with E-state index in [1.54, 1.807) is 13.2 Å². The third-order valence-corrected chi connectivity index (χ3v) is 4.11. The first-order chi connectivity index (χ1) is 9.72. The zero-order chi connectivity index (χ0) is 14.4. The predicted octanol–water partition coefficient (Wildman–Crippen LogP) is 2.22. The third kappa shape index (κ3) is 4.12. The van der Waals surface area contributed by atoms with Crippen LogP contribution in [-0.2, 0) is 6.54 Å². The van der Waals surface area contributed by atoms with Crippen LogP contribution in [0.2, 0.25) is 0 Å². The molecule has 2 rings (SSSR count). The highest BCUT2D eigenvalue weighted by atomic mass is 16.5. The number of methoxy groups -OCH3 is 1. The predicted molar refractivity (Wildman–Crippen MR) is 81.2 cm³/mol. The summed E-state index contributed by atoms with van der Waals surface area (Å²) < 4.78 is 5.12. The Hall–Kier alpha value is -1.26. The fraction of sp³-hybridized carbons (Fsp3) is 0.625. The fourth-order valence-corrected chi connectivity index (χ4v) is 2.78. The molecule has 0 atom stereocenters. The van der Waals surface area contributed by atoms with Crippen molar-refractivity contribution in [3.8, 4) is 11.5 Å². The average Bonchev–Trinajstić information content (AvgIpc) is 2.49. The molecule has 4 heteroatoms. The number of hydrogen-bond donors (Lipinski definition) is 2. The fourth-order valence-electron chi connectivity index (χ4n) is 2.78. The number of hydrogen-bond acceptors (Lipinski definition) is 4. The summed E-state index contributed by atoms with van der Waals surface area (Å²) in [4.78, 5) is 2.41. The van der Waals surface area contributed by atoms with Crippen LogP contribution in [0.15, 0.2) is 18.2 Å². The molecule has 1 aliphatic rings. The van der Waals surface area contributed by atoms with E-state index in [2.05, 4.69) is 17.1 Å². The lowest BCUT2D eigenvalue weighted by molar-refractivity contribution is 0.205. The number of ether oxygens (including phenoxy) is 1. The van der Waals surface area contributed by atoms with E-state index in [1.807, 2.05) is 12.1 Å². The molecule has 0 bridgehead atoms. The van der Waals surface area contributed by atoms with E-state index in [1.165, 1.54) is 12.8 Å². The molecule has 1 aromatic carbocycles. The second-order valence-corrected chi connectivity index (χ2v) is 5.52. The van der Waals surface area contributed by atoms with E-state index in [0.717, 1.165) is 44.2 Å². The molecule has 1 aromatic rings. The molecule has 0 radical (unpaired) electrons. The van der Waals surface area contributed by atoms with Crippen molar-refractivity contribution in [3.63, 3.8) is 0 Å². The Bertz CT molecular complexity index is 417. The zero-order valence-electron chi connectivity index (χ0n) is 12.6. The monoisotopic (exact) mass is 278 g/mol. The van der Waals surface area contributed by atoms with Crippen LogP contribution in [0.1, 0.15) is 25.3 Å². The second kappa shape index (κ2) is 7.50. The summed E-state index contributed by atoms with van der Waals surface area (Å²) in [5, 5.41) is 13.5. The molecule has 112 valence electrons. The number of phenols is 1. The summed E-state index contributed by atoms with van der Waals surface area (Å²) in [6.45, 7) is 7.38. The van der Waals surface area contributed by atoms with E-state index >= 15 is 0 Å². The SMILES string of the molecule is CCN(Cc1ccc(OC)cc1O)CC1CCNCC1. The number of piperidine rings is 1. The van der Waals surface area contributed by atoms with Gasteiger partial charge in [0.2, 0.25) is 0 Å². The number of rotatable bonds is 6. The van der Waals surface area contributed by atoms with Gasteiger partial charge in [-0.3, -0.25) is 4.90 Å². The topological polar surface area (TPSA) is 44.7 Å². The lowest BCUT2D eigenvalue weighted by atomic mass is 9.97. The van der Waals surface area contributed by atoms with Gasteiger partial charge in [0.25, 0.3) is 0 Å². The van der Waals surface area contributed by atoms with E-state index in [0.29, 0.717) is 11.5 Å². The quantitative estimate of drug-likeness (QED) is 0.837. The van der Waals surface area contributed by atoms with Crippen molar-refractivity contribution in [2.24, 2.45) is 5.92 Å². The molecule has 1 saturated heterocycles. The van der Waals surface area contributed by atoms with Gasteiger partial charge in [0, 0.05) is 24.7 Å². The van der Waals surface area contributed by atoms with Gasteiger partial charge >= 0.3 is 0 Å². The van der Waals surface area contributed by atoms with E-state index in [4.69, 9.17) is 4.74 Å². The van der Waals surface area contributed by atoms with Crippen molar-refractivity contribution < 1.29 is 9.84 Å². The summed E-state index contributed by atoms with van der Waals surface area (Å²) >= 11 is 0. The highest BCUT2D eigenvalue weighted by Gasteiger charge is 2.17. The Morgan fingerprint density at radius 2 is 2.10 bits per heavy atom. The molecule has 1 fully saturated rings. The van der Waals surface area contributed by atoms with Crippen molar-refractivity contribution in [3.05, 3.63) is 23.8 Å². The van der Waals surface area contributed by atoms with Crippen LogP contribution in [0, 0.1) is 5.92 Å². The molecular formula is C16H26N2O2. The Morgan fingerprint density at radius 1 is 1.35 bits per heavy atom.